The molecule has 2 nitrogen and oxygen atoms in total. The Labute approximate surface area is 96.8 Å². The number of benzene rings is 1. The molecule has 4 heteroatoms. The second kappa shape index (κ2) is 5.94. The Morgan fingerprint density at radius 1 is 1.57 bits per heavy atom. The van der Waals surface area contributed by atoms with E-state index >= 15 is 0 Å². The Balaban J connectivity index is 2.73. The van der Waals surface area contributed by atoms with Gasteiger partial charge in [-0.05, 0) is 24.5 Å². The van der Waals surface area contributed by atoms with E-state index in [1.165, 1.54) is 0 Å². The molecule has 0 aliphatic heterocycles. The van der Waals surface area contributed by atoms with Crippen molar-refractivity contribution in [3.8, 4) is 6.07 Å². The molecular formula is C10H11BrN2S. The number of nitriles is 1. The molecular weight excluding hydrogens is 260 g/mol. The lowest BCUT2D eigenvalue weighted by Gasteiger charge is -2.07. The lowest BCUT2D eigenvalue weighted by Crippen LogP contribution is -2.05. The summed E-state index contributed by atoms with van der Waals surface area (Å²) in [5.74, 6) is 1.04. The average molecular weight is 271 g/mol. The fourth-order valence-corrected chi connectivity index (χ4v) is 1.72. The van der Waals surface area contributed by atoms with Gasteiger partial charge in [-0.15, -0.1) is 0 Å². The van der Waals surface area contributed by atoms with Crippen LogP contribution in [0.3, 0.4) is 0 Å². The fourth-order valence-electron chi connectivity index (χ4n) is 1.05. The van der Waals surface area contributed by atoms with Gasteiger partial charge in [-0.25, -0.2) is 0 Å². The molecule has 0 saturated heterocycles. The van der Waals surface area contributed by atoms with Gasteiger partial charge in [0.15, 0.2) is 0 Å². The van der Waals surface area contributed by atoms with Crippen LogP contribution in [-0.4, -0.2) is 18.6 Å². The highest BCUT2D eigenvalue weighted by molar-refractivity contribution is 9.10. The lowest BCUT2D eigenvalue weighted by molar-refractivity contribution is 1.22. The molecule has 14 heavy (non-hydrogen) atoms. The summed E-state index contributed by atoms with van der Waals surface area (Å²) in [7, 11) is 0. The predicted molar refractivity (Wildman–Crippen MR) is 65.7 cm³/mol. The standard InChI is InChI=1S/C10H11BrN2S/c1-14-5-4-13-10-6-9(11)3-2-8(10)7-12/h2-3,6,13H,4-5H2,1H3. The maximum Gasteiger partial charge on any atom is 0.101 e. The van der Waals surface area contributed by atoms with Crippen molar-refractivity contribution in [2.24, 2.45) is 0 Å². The number of nitrogens with one attached hydrogen (secondary N) is 1. The van der Waals surface area contributed by atoms with Crippen molar-refractivity contribution in [3.05, 3.63) is 28.2 Å². The van der Waals surface area contributed by atoms with E-state index in [1.54, 1.807) is 11.8 Å². The Morgan fingerprint density at radius 2 is 2.36 bits per heavy atom. The van der Waals surface area contributed by atoms with Crippen LogP contribution in [0.4, 0.5) is 5.69 Å². The molecule has 0 aliphatic rings. The molecule has 0 amide bonds. The van der Waals surface area contributed by atoms with Gasteiger partial charge in [0.25, 0.3) is 0 Å². The maximum absolute atomic E-state index is 8.86. The van der Waals surface area contributed by atoms with E-state index in [-0.39, 0.29) is 0 Å². The summed E-state index contributed by atoms with van der Waals surface area (Å²) in [6, 6.07) is 7.77. The van der Waals surface area contributed by atoms with Gasteiger partial charge in [-0.2, -0.15) is 17.0 Å². The molecule has 1 aromatic rings. The minimum atomic E-state index is 0.689. The Bertz CT molecular complexity index is 346. The molecule has 0 aromatic heterocycles. The Morgan fingerprint density at radius 3 is 3.00 bits per heavy atom. The van der Waals surface area contributed by atoms with Crippen molar-refractivity contribution in [1.29, 1.82) is 5.26 Å². The van der Waals surface area contributed by atoms with Gasteiger partial charge < -0.3 is 5.32 Å². The van der Waals surface area contributed by atoms with Crippen LogP contribution in [0.25, 0.3) is 0 Å². The topological polar surface area (TPSA) is 35.8 Å². The zero-order chi connectivity index (χ0) is 10.4. The van der Waals surface area contributed by atoms with E-state index in [0.29, 0.717) is 5.56 Å². The van der Waals surface area contributed by atoms with Gasteiger partial charge in [0.1, 0.15) is 6.07 Å². The molecule has 0 spiro atoms. The third-order valence-electron chi connectivity index (χ3n) is 1.72. The van der Waals surface area contributed by atoms with E-state index in [4.69, 9.17) is 5.26 Å². The van der Waals surface area contributed by atoms with Crippen molar-refractivity contribution >= 4 is 33.4 Å². The van der Waals surface area contributed by atoms with Crippen LogP contribution >= 0.6 is 27.7 Å². The quantitative estimate of drug-likeness (QED) is 0.855. The molecule has 0 atom stereocenters. The highest BCUT2D eigenvalue weighted by Crippen LogP contribution is 2.20. The van der Waals surface area contributed by atoms with E-state index < -0.39 is 0 Å². The number of anilines is 1. The summed E-state index contributed by atoms with van der Waals surface area (Å²) in [6.45, 7) is 0.881. The molecule has 0 saturated carbocycles. The summed E-state index contributed by atoms with van der Waals surface area (Å²) in [5, 5.41) is 12.1. The van der Waals surface area contributed by atoms with Gasteiger partial charge in [-0.3, -0.25) is 0 Å². The minimum Gasteiger partial charge on any atom is -0.383 e. The van der Waals surface area contributed by atoms with Crippen molar-refractivity contribution in [3.63, 3.8) is 0 Å². The molecule has 0 heterocycles. The van der Waals surface area contributed by atoms with Gasteiger partial charge >= 0.3 is 0 Å². The van der Waals surface area contributed by atoms with Crippen LogP contribution in [0.15, 0.2) is 22.7 Å². The third-order valence-corrected chi connectivity index (χ3v) is 2.83. The summed E-state index contributed by atoms with van der Waals surface area (Å²) >= 11 is 5.16. The predicted octanol–water partition coefficient (Wildman–Crippen LogP) is 3.10. The van der Waals surface area contributed by atoms with Gasteiger partial charge in [-0.1, -0.05) is 15.9 Å². The van der Waals surface area contributed by atoms with Crippen molar-refractivity contribution in [1.82, 2.24) is 0 Å². The zero-order valence-corrected chi connectivity index (χ0v) is 10.3. The van der Waals surface area contributed by atoms with Crippen molar-refractivity contribution in [2.45, 2.75) is 0 Å². The summed E-state index contributed by atoms with van der Waals surface area (Å²) in [6.07, 6.45) is 2.06. The van der Waals surface area contributed by atoms with E-state index in [1.807, 2.05) is 18.2 Å². The second-order valence-corrected chi connectivity index (χ2v) is 4.62. The number of rotatable bonds is 4. The number of hydrogen-bond acceptors (Lipinski definition) is 3. The summed E-state index contributed by atoms with van der Waals surface area (Å²) in [5.41, 5.74) is 1.59. The number of hydrogen-bond donors (Lipinski definition) is 1. The van der Waals surface area contributed by atoms with Crippen LogP contribution in [0.5, 0.6) is 0 Å². The van der Waals surface area contributed by atoms with Crippen LogP contribution < -0.4 is 5.32 Å². The molecule has 1 rings (SSSR count). The second-order valence-electron chi connectivity index (χ2n) is 2.72. The lowest BCUT2D eigenvalue weighted by atomic mass is 10.2. The highest BCUT2D eigenvalue weighted by Gasteiger charge is 2.01. The molecule has 0 unspecified atom stereocenters. The number of thioether (sulfide) groups is 1. The molecule has 0 radical (unpaired) electrons. The van der Waals surface area contributed by atoms with Crippen molar-refractivity contribution < 1.29 is 0 Å². The molecule has 0 aliphatic carbocycles. The van der Waals surface area contributed by atoms with E-state index in [9.17, 15) is 0 Å². The number of nitrogens with zero attached hydrogens (tertiary/aromatic N) is 1. The molecule has 1 aromatic carbocycles. The largest absolute Gasteiger partial charge is 0.383 e. The first-order valence-corrected chi connectivity index (χ1v) is 6.39. The SMILES string of the molecule is CSCCNc1cc(Br)ccc1C#N. The van der Waals surface area contributed by atoms with Gasteiger partial charge in [0.2, 0.25) is 0 Å². The smallest absolute Gasteiger partial charge is 0.101 e. The maximum atomic E-state index is 8.86. The van der Waals surface area contributed by atoms with E-state index in [2.05, 4.69) is 33.6 Å². The molecule has 0 fully saturated rings. The van der Waals surface area contributed by atoms with Crippen LogP contribution in [0.1, 0.15) is 5.56 Å². The average Bonchev–Trinajstić information content (AvgIpc) is 2.19. The molecule has 74 valence electrons. The van der Waals surface area contributed by atoms with Crippen molar-refractivity contribution in [2.75, 3.05) is 23.9 Å². The van der Waals surface area contributed by atoms with E-state index in [0.717, 1.165) is 22.5 Å². The zero-order valence-electron chi connectivity index (χ0n) is 7.88. The minimum absolute atomic E-state index is 0.689. The summed E-state index contributed by atoms with van der Waals surface area (Å²) < 4.78 is 0.989. The first-order valence-electron chi connectivity index (χ1n) is 4.20. The summed E-state index contributed by atoms with van der Waals surface area (Å²) in [4.78, 5) is 0. The Kier molecular flexibility index (Phi) is 4.85. The van der Waals surface area contributed by atoms with Gasteiger partial charge in [0.05, 0.1) is 11.3 Å². The monoisotopic (exact) mass is 270 g/mol. The first-order chi connectivity index (χ1) is 6.77. The Hall–Kier alpha value is -0.660. The van der Waals surface area contributed by atoms with Crippen LogP contribution in [0.2, 0.25) is 0 Å². The normalized spacial score (nSPS) is 9.50. The first kappa shape index (κ1) is 11.4. The highest BCUT2D eigenvalue weighted by atomic mass is 79.9. The van der Waals surface area contributed by atoms with Gasteiger partial charge in [0, 0.05) is 16.8 Å². The fraction of sp³-hybridized carbons (Fsp3) is 0.300. The molecule has 0 bridgehead atoms. The number of halogens is 1. The third kappa shape index (κ3) is 3.24. The van der Waals surface area contributed by atoms with Crippen LogP contribution in [0, 0.1) is 11.3 Å². The van der Waals surface area contributed by atoms with Crippen LogP contribution in [-0.2, 0) is 0 Å². The molecule has 1 N–H and O–H groups in total.